The molecule has 3 aromatic rings. The molecule has 3 rings (SSSR count). The largest absolute Gasteiger partial charge is 0.264 e. The molecule has 0 radical (unpaired) electrons. The molecule has 1 atom stereocenters. The van der Waals surface area contributed by atoms with Gasteiger partial charge in [0.15, 0.2) is 0 Å². The van der Waals surface area contributed by atoms with E-state index in [2.05, 4.69) is 0 Å². The molecule has 0 aromatic heterocycles. The molecule has 0 N–H and O–H groups in total. The molecule has 0 aliphatic carbocycles. The molecule has 0 fully saturated rings. The molecule has 0 amide bonds. The summed E-state index contributed by atoms with van der Waals surface area (Å²) in [7, 11) is -3.99. The van der Waals surface area contributed by atoms with Crippen molar-refractivity contribution in [1.82, 2.24) is 0 Å². The molecule has 3 nitrogen and oxygen atoms in total. The van der Waals surface area contributed by atoms with Crippen LogP contribution in [-0.2, 0) is 10.0 Å². The van der Waals surface area contributed by atoms with Crippen molar-refractivity contribution in [3.8, 4) is 0 Å². The Morgan fingerprint density at radius 1 is 0.929 bits per heavy atom. The van der Waals surface area contributed by atoms with E-state index < -0.39 is 21.9 Å². The van der Waals surface area contributed by atoms with Crippen LogP contribution in [0.1, 0.15) is 29.7 Å². The maximum Gasteiger partial charge on any atom is 0.264 e. The van der Waals surface area contributed by atoms with E-state index in [1.807, 2.05) is 30.3 Å². The first-order valence-electron chi connectivity index (χ1n) is 8.83. The SMILES string of the molecule is Cc1ccc(N(C(C)c2ccccc2)S(=O)(=O)c2ccc(C)c(Cl)c2)cc1F. The highest BCUT2D eigenvalue weighted by Gasteiger charge is 2.31. The number of rotatable bonds is 5. The first kappa shape index (κ1) is 20.4. The number of benzene rings is 3. The van der Waals surface area contributed by atoms with Gasteiger partial charge in [0.1, 0.15) is 5.82 Å². The van der Waals surface area contributed by atoms with E-state index in [-0.39, 0.29) is 10.6 Å². The number of hydrogen-bond donors (Lipinski definition) is 0. The van der Waals surface area contributed by atoms with Crippen LogP contribution < -0.4 is 4.31 Å². The molecule has 1 unspecified atom stereocenters. The standard InChI is InChI=1S/C22H21ClFNO2S/c1-15-10-12-20(14-21(15)23)28(26,27)25(17(3)18-7-5-4-6-8-18)19-11-9-16(2)22(24)13-19/h4-14,17H,1-3H3. The third-order valence-corrected chi connectivity index (χ3v) is 7.05. The van der Waals surface area contributed by atoms with E-state index in [4.69, 9.17) is 11.6 Å². The van der Waals surface area contributed by atoms with Crippen LogP contribution in [0.15, 0.2) is 71.6 Å². The number of nitrogens with zero attached hydrogens (tertiary/aromatic N) is 1. The fourth-order valence-electron chi connectivity index (χ4n) is 3.00. The topological polar surface area (TPSA) is 37.4 Å². The average Bonchev–Trinajstić information content (AvgIpc) is 2.67. The molecule has 0 heterocycles. The van der Waals surface area contributed by atoms with Gasteiger partial charge in [0.2, 0.25) is 0 Å². The second-order valence-electron chi connectivity index (χ2n) is 6.73. The van der Waals surface area contributed by atoms with E-state index in [1.54, 1.807) is 39.0 Å². The van der Waals surface area contributed by atoms with Crippen molar-refractivity contribution in [1.29, 1.82) is 0 Å². The molecule has 0 saturated heterocycles. The lowest BCUT2D eigenvalue weighted by Gasteiger charge is -2.31. The minimum atomic E-state index is -3.99. The van der Waals surface area contributed by atoms with Crippen LogP contribution in [0.5, 0.6) is 0 Å². The van der Waals surface area contributed by atoms with Gasteiger partial charge >= 0.3 is 0 Å². The number of anilines is 1. The van der Waals surface area contributed by atoms with Crippen molar-refractivity contribution < 1.29 is 12.8 Å². The Labute approximate surface area is 170 Å². The zero-order valence-electron chi connectivity index (χ0n) is 15.9. The van der Waals surface area contributed by atoms with Gasteiger partial charge in [-0.05, 0) is 61.7 Å². The van der Waals surface area contributed by atoms with Crippen LogP contribution in [-0.4, -0.2) is 8.42 Å². The highest BCUT2D eigenvalue weighted by atomic mass is 35.5. The van der Waals surface area contributed by atoms with Gasteiger partial charge in [-0.3, -0.25) is 4.31 Å². The predicted octanol–water partition coefficient (Wildman–Crippen LogP) is 6.05. The second-order valence-corrected chi connectivity index (χ2v) is 8.95. The van der Waals surface area contributed by atoms with E-state index >= 15 is 0 Å². The summed E-state index contributed by atoms with van der Waals surface area (Å²) in [6.07, 6.45) is 0. The van der Waals surface area contributed by atoms with Crippen LogP contribution in [0.3, 0.4) is 0 Å². The smallest absolute Gasteiger partial charge is 0.259 e. The zero-order chi connectivity index (χ0) is 20.5. The summed E-state index contributed by atoms with van der Waals surface area (Å²) in [5, 5.41) is 0.364. The first-order chi connectivity index (χ1) is 13.2. The molecule has 0 aliphatic rings. The van der Waals surface area contributed by atoms with Gasteiger partial charge < -0.3 is 0 Å². The molecule has 0 saturated carbocycles. The van der Waals surface area contributed by atoms with Gasteiger partial charge in [0.25, 0.3) is 10.0 Å². The number of halogens is 2. The Morgan fingerprint density at radius 2 is 1.57 bits per heavy atom. The highest BCUT2D eigenvalue weighted by Crippen LogP contribution is 2.35. The maximum atomic E-state index is 14.3. The first-order valence-corrected chi connectivity index (χ1v) is 10.7. The summed E-state index contributed by atoms with van der Waals surface area (Å²) in [5.74, 6) is -0.458. The molecular weight excluding hydrogens is 397 g/mol. The van der Waals surface area contributed by atoms with Gasteiger partial charge in [-0.25, -0.2) is 12.8 Å². The van der Waals surface area contributed by atoms with Crippen LogP contribution in [0, 0.1) is 19.7 Å². The van der Waals surface area contributed by atoms with Gasteiger partial charge in [-0.2, -0.15) is 0 Å². The molecule has 146 valence electrons. The zero-order valence-corrected chi connectivity index (χ0v) is 17.4. The third kappa shape index (κ3) is 3.91. The molecular formula is C22H21ClFNO2S. The fraction of sp³-hybridized carbons (Fsp3) is 0.182. The van der Waals surface area contributed by atoms with Gasteiger partial charge in [0.05, 0.1) is 16.6 Å². The van der Waals surface area contributed by atoms with Crippen molar-refractivity contribution in [2.75, 3.05) is 4.31 Å². The van der Waals surface area contributed by atoms with Crippen LogP contribution in [0.25, 0.3) is 0 Å². The van der Waals surface area contributed by atoms with Crippen molar-refractivity contribution in [2.24, 2.45) is 0 Å². The summed E-state index contributed by atoms with van der Waals surface area (Å²) in [6, 6.07) is 17.8. The quantitative estimate of drug-likeness (QED) is 0.506. The Bertz CT molecular complexity index is 1100. The van der Waals surface area contributed by atoms with E-state index in [9.17, 15) is 12.8 Å². The lowest BCUT2D eigenvalue weighted by atomic mass is 10.1. The minimum Gasteiger partial charge on any atom is -0.259 e. The number of aryl methyl sites for hydroxylation is 2. The van der Waals surface area contributed by atoms with Crippen LogP contribution in [0.4, 0.5) is 10.1 Å². The summed E-state index contributed by atoms with van der Waals surface area (Å²) < 4.78 is 42.6. The summed E-state index contributed by atoms with van der Waals surface area (Å²) >= 11 is 6.17. The lowest BCUT2D eigenvalue weighted by Crippen LogP contribution is -2.34. The van der Waals surface area contributed by atoms with Crippen LogP contribution in [0.2, 0.25) is 5.02 Å². The lowest BCUT2D eigenvalue weighted by molar-refractivity contribution is 0.581. The highest BCUT2D eigenvalue weighted by molar-refractivity contribution is 7.92. The van der Waals surface area contributed by atoms with E-state index in [0.29, 0.717) is 10.6 Å². The normalized spacial score (nSPS) is 12.6. The Balaban J connectivity index is 2.19. The average molecular weight is 418 g/mol. The van der Waals surface area contributed by atoms with Crippen molar-refractivity contribution in [3.05, 3.63) is 94.3 Å². The fourth-order valence-corrected chi connectivity index (χ4v) is 4.91. The van der Waals surface area contributed by atoms with E-state index in [1.165, 1.54) is 22.5 Å². The van der Waals surface area contributed by atoms with Crippen molar-refractivity contribution >= 4 is 27.3 Å². The molecule has 3 aromatic carbocycles. The Morgan fingerprint density at radius 3 is 2.18 bits per heavy atom. The molecule has 0 aliphatic heterocycles. The maximum absolute atomic E-state index is 14.3. The Kier molecular flexibility index (Phi) is 5.77. The molecule has 6 heteroatoms. The van der Waals surface area contributed by atoms with Crippen molar-refractivity contribution in [2.45, 2.75) is 31.7 Å². The third-order valence-electron chi connectivity index (χ3n) is 4.74. The predicted molar refractivity (Wildman–Crippen MR) is 112 cm³/mol. The van der Waals surface area contributed by atoms with Crippen molar-refractivity contribution in [3.63, 3.8) is 0 Å². The van der Waals surface area contributed by atoms with Gasteiger partial charge in [-0.15, -0.1) is 0 Å². The van der Waals surface area contributed by atoms with Gasteiger partial charge in [0, 0.05) is 5.02 Å². The summed E-state index contributed by atoms with van der Waals surface area (Å²) in [5.41, 5.74) is 2.29. The summed E-state index contributed by atoms with van der Waals surface area (Å²) in [6.45, 7) is 5.22. The Hall–Kier alpha value is -2.37. The van der Waals surface area contributed by atoms with Gasteiger partial charge in [-0.1, -0.05) is 54.1 Å². The van der Waals surface area contributed by atoms with E-state index in [0.717, 1.165) is 11.1 Å². The monoisotopic (exact) mass is 417 g/mol. The minimum absolute atomic E-state index is 0.0619. The van der Waals surface area contributed by atoms with Crippen LogP contribution >= 0.6 is 11.6 Å². The molecule has 28 heavy (non-hydrogen) atoms. The molecule has 0 bridgehead atoms. The summed E-state index contributed by atoms with van der Waals surface area (Å²) in [4.78, 5) is 0.0619. The number of sulfonamides is 1. The second kappa shape index (κ2) is 7.94. The number of hydrogen-bond acceptors (Lipinski definition) is 2. The molecule has 0 spiro atoms.